The van der Waals surface area contributed by atoms with Crippen molar-refractivity contribution in [3.8, 4) is 0 Å². The van der Waals surface area contributed by atoms with Crippen LogP contribution in [0.25, 0.3) is 4.91 Å². The smallest absolute Gasteiger partial charge is 0.323 e. The van der Waals surface area contributed by atoms with E-state index in [-0.39, 0.29) is 6.03 Å². The normalized spacial score (nSPS) is 18.8. The third-order valence-corrected chi connectivity index (χ3v) is 8.64. The average Bonchev–Trinajstić information content (AvgIpc) is 2.99. The first kappa shape index (κ1) is 28.5. The van der Waals surface area contributed by atoms with Crippen LogP contribution in [0.15, 0.2) is 66.0 Å². The van der Waals surface area contributed by atoms with E-state index in [0.717, 1.165) is 95.4 Å². The number of nitrogens with zero attached hydrogens (tertiary/aromatic N) is 4. The van der Waals surface area contributed by atoms with Crippen LogP contribution in [0.4, 0.5) is 16.2 Å². The van der Waals surface area contributed by atoms with Gasteiger partial charge in [-0.2, -0.15) is 0 Å². The van der Waals surface area contributed by atoms with E-state index in [0.29, 0.717) is 0 Å². The first-order chi connectivity index (χ1) is 19.6. The molecule has 3 aliphatic rings. The zero-order chi connectivity index (χ0) is 27.7. The SMILES string of the molecule is CCCCN1C=C(c2ccc(NC(=O)Nc3ccc(CN4CCN(C)CC4)cc3)cc2)SC(N2CCOCC2)=C1. The second-order valence-corrected chi connectivity index (χ2v) is 11.7. The summed E-state index contributed by atoms with van der Waals surface area (Å²) in [4.78, 5) is 23.5. The van der Waals surface area contributed by atoms with Crippen LogP contribution in [0, 0.1) is 0 Å². The molecule has 0 aromatic heterocycles. The van der Waals surface area contributed by atoms with E-state index in [2.05, 4.69) is 80.9 Å². The van der Waals surface area contributed by atoms with Gasteiger partial charge in [0.25, 0.3) is 0 Å². The molecule has 5 rings (SSSR count). The summed E-state index contributed by atoms with van der Waals surface area (Å²) in [5.74, 6) is 0. The van der Waals surface area contributed by atoms with E-state index in [4.69, 9.17) is 4.74 Å². The van der Waals surface area contributed by atoms with E-state index in [1.165, 1.54) is 15.5 Å². The number of nitrogens with one attached hydrogen (secondary N) is 2. The van der Waals surface area contributed by atoms with Gasteiger partial charge in [0.15, 0.2) is 0 Å². The van der Waals surface area contributed by atoms with Crippen molar-refractivity contribution in [1.29, 1.82) is 0 Å². The summed E-state index contributed by atoms with van der Waals surface area (Å²) in [5.41, 5.74) is 3.96. The number of hydrogen-bond donors (Lipinski definition) is 2. The van der Waals surface area contributed by atoms with Crippen molar-refractivity contribution in [2.75, 3.05) is 76.7 Å². The summed E-state index contributed by atoms with van der Waals surface area (Å²) < 4.78 is 5.56. The van der Waals surface area contributed by atoms with Gasteiger partial charge in [-0.05, 0) is 48.9 Å². The highest BCUT2D eigenvalue weighted by Crippen LogP contribution is 2.39. The Bertz CT molecular complexity index is 1170. The molecule has 40 heavy (non-hydrogen) atoms. The molecule has 2 amide bonds. The van der Waals surface area contributed by atoms with Crippen LogP contribution < -0.4 is 10.6 Å². The predicted molar refractivity (Wildman–Crippen MR) is 166 cm³/mol. The number of anilines is 2. The molecule has 3 heterocycles. The van der Waals surface area contributed by atoms with E-state index in [1.807, 2.05) is 36.0 Å². The van der Waals surface area contributed by atoms with Crippen LogP contribution in [-0.4, -0.2) is 91.7 Å². The minimum absolute atomic E-state index is 0.242. The van der Waals surface area contributed by atoms with E-state index in [1.54, 1.807) is 0 Å². The van der Waals surface area contributed by atoms with Crippen LogP contribution in [-0.2, 0) is 11.3 Å². The van der Waals surface area contributed by atoms with Crippen molar-refractivity contribution < 1.29 is 9.53 Å². The fourth-order valence-electron chi connectivity index (χ4n) is 5.00. The predicted octanol–water partition coefficient (Wildman–Crippen LogP) is 5.36. The van der Waals surface area contributed by atoms with Crippen LogP contribution in [0.1, 0.15) is 30.9 Å². The molecule has 3 aliphatic heterocycles. The molecular formula is C31H42N6O2S. The molecule has 0 aliphatic carbocycles. The lowest BCUT2D eigenvalue weighted by Gasteiger charge is -2.34. The Kier molecular flexibility index (Phi) is 10.0. The average molecular weight is 563 g/mol. The fraction of sp³-hybridized carbons (Fsp3) is 0.452. The number of urea groups is 1. The molecule has 8 nitrogen and oxygen atoms in total. The first-order valence-corrected chi connectivity index (χ1v) is 15.3. The zero-order valence-corrected chi connectivity index (χ0v) is 24.6. The quantitative estimate of drug-likeness (QED) is 0.427. The topological polar surface area (TPSA) is 63.3 Å². The molecule has 0 unspecified atom stereocenters. The Morgan fingerprint density at radius 1 is 0.875 bits per heavy atom. The molecule has 2 saturated heterocycles. The van der Waals surface area contributed by atoms with Gasteiger partial charge in [-0.1, -0.05) is 49.4 Å². The number of ether oxygens (including phenoxy) is 1. The number of amides is 2. The maximum Gasteiger partial charge on any atom is 0.323 e. The number of morpholine rings is 1. The van der Waals surface area contributed by atoms with Gasteiger partial charge >= 0.3 is 6.03 Å². The van der Waals surface area contributed by atoms with Gasteiger partial charge in [0.2, 0.25) is 0 Å². The molecule has 0 spiro atoms. The van der Waals surface area contributed by atoms with Crippen LogP contribution in [0.5, 0.6) is 0 Å². The maximum atomic E-state index is 12.7. The van der Waals surface area contributed by atoms with E-state index >= 15 is 0 Å². The van der Waals surface area contributed by atoms with Crippen molar-refractivity contribution >= 4 is 34.1 Å². The second-order valence-electron chi connectivity index (χ2n) is 10.7. The van der Waals surface area contributed by atoms with Crippen molar-refractivity contribution in [3.63, 3.8) is 0 Å². The Morgan fingerprint density at radius 2 is 1.52 bits per heavy atom. The lowest BCUT2D eigenvalue weighted by atomic mass is 10.2. The van der Waals surface area contributed by atoms with Crippen molar-refractivity contribution in [2.24, 2.45) is 0 Å². The summed E-state index contributed by atoms with van der Waals surface area (Å²) >= 11 is 1.81. The van der Waals surface area contributed by atoms with E-state index < -0.39 is 0 Å². The summed E-state index contributed by atoms with van der Waals surface area (Å²) in [6, 6.07) is 16.0. The summed E-state index contributed by atoms with van der Waals surface area (Å²) in [5, 5.41) is 7.20. The maximum absolute atomic E-state index is 12.7. The van der Waals surface area contributed by atoms with Crippen molar-refractivity contribution in [1.82, 2.24) is 19.6 Å². The number of carbonyl (C=O) groups excluding carboxylic acids is 1. The van der Waals surface area contributed by atoms with Gasteiger partial charge in [-0.15, -0.1) is 0 Å². The number of hydrogen-bond acceptors (Lipinski definition) is 7. The molecule has 0 saturated carbocycles. The van der Waals surface area contributed by atoms with Gasteiger partial charge in [-0.25, -0.2) is 4.79 Å². The summed E-state index contributed by atoms with van der Waals surface area (Å²) in [6.07, 6.45) is 6.83. The molecule has 2 aromatic carbocycles. The van der Waals surface area contributed by atoms with Crippen LogP contribution >= 0.6 is 11.8 Å². The molecule has 2 aromatic rings. The Hall–Kier alpha value is -2.98. The number of unbranched alkanes of at least 4 members (excludes halogenated alkanes) is 1. The Morgan fingerprint density at radius 3 is 2.17 bits per heavy atom. The number of carbonyl (C=O) groups is 1. The highest BCUT2D eigenvalue weighted by molar-refractivity contribution is 8.11. The molecule has 2 fully saturated rings. The minimum Gasteiger partial charge on any atom is -0.378 e. The molecule has 0 radical (unpaired) electrons. The van der Waals surface area contributed by atoms with Crippen LogP contribution in [0.2, 0.25) is 0 Å². The second kappa shape index (κ2) is 14.1. The third-order valence-electron chi connectivity index (χ3n) is 7.51. The number of piperazine rings is 1. The highest BCUT2D eigenvalue weighted by Gasteiger charge is 2.21. The summed E-state index contributed by atoms with van der Waals surface area (Å²) in [6.45, 7) is 12.0. The molecular weight excluding hydrogens is 520 g/mol. The van der Waals surface area contributed by atoms with Gasteiger partial charge in [-0.3, -0.25) is 4.90 Å². The van der Waals surface area contributed by atoms with Gasteiger partial charge < -0.3 is 30.1 Å². The van der Waals surface area contributed by atoms with E-state index in [9.17, 15) is 4.79 Å². The molecule has 214 valence electrons. The lowest BCUT2D eigenvalue weighted by Crippen LogP contribution is -2.43. The van der Waals surface area contributed by atoms with Gasteiger partial charge in [0.1, 0.15) is 0 Å². The number of rotatable bonds is 9. The number of thioether (sulfide) groups is 1. The minimum atomic E-state index is -0.242. The first-order valence-electron chi connectivity index (χ1n) is 14.4. The van der Waals surface area contributed by atoms with Gasteiger partial charge in [0, 0.05) is 81.0 Å². The molecule has 9 heteroatoms. The number of likely N-dealkylation sites (N-methyl/N-ethyl adjacent to an activating group) is 1. The monoisotopic (exact) mass is 562 g/mol. The standard InChI is InChI=1S/C31H42N6O2S/c1-3-4-13-36-23-29(40-30(24-36)37-18-20-39-21-19-37)26-7-11-28(12-8-26)33-31(38)32-27-9-5-25(6-10-27)22-35-16-14-34(2)15-17-35/h5-12,23-24H,3-4,13-22H2,1-2H3,(H2,32,33,38). The molecule has 0 atom stereocenters. The largest absolute Gasteiger partial charge is 0.378 e. The fourth-order valence-corrected chi connectivity index (χ4v) is 6.16. The van der Waals surface area contributed by atoms with Gasteiger partial charge in [0.05, 0.1) is 18.2 Å². The highest BCUT2D eigenvalue weighted by atomic mass is 32.2. The third kappa shape index (κ3) is 8.04. The zero-order valence-electron chi connectivity index (χ0n) is 23.8. The Balaban J connectivity index is 1.15. The Labute approximate surface area is 243 Å². The van der Waals surface area contributed by atoms with Crippen molar-refractivity contribution in [2.45, 2.75) is 26.3 Å². The van der Waals surface area contributed by atoms with Crippen LogP contribution in [0.3, 0.4) is 0 Å². The molecule has 0 bridgehead atoms. The molecule has 2 N–H and O–H groups in total. The lowest BCUT2D eigenvalue weighted by molar-refractivity contribution is 0.0571. The number of benzene rings is 2. The summed E-state index contributed by atoms with van der Waals surface area (Å²) in [7, 11) is 2.17. The van der Waals surface area contributed by atoms with Crippen molar-refractivity contribution in [3.05, 3.63) is 77.1 Å².